The first kappa shape index (κ1) is 14.0. The summed E-state index contributed by atoms with van der Waals surface area (Å²) in [5.74, 6) is -0.397. The van der Waals surface area contributed by atoms with Gasteiger partial charge in [0.2, 0.25) is 5.91 Å². The number of hydrogen-bond acceptors (Lipinski definition) is 3. The Kier molecular flexibility index (Phi) is 4.50. The molecule has 2 rings (SSSR count). The predicted molar refractivity (Wildman–Crippen MR) is 73.7 cm³/mol. The second-order valence-electron chi connectivity index (χ2n) is 5.10. The second-order valence-corrected chi connectivity index (χ2v) is 5.10. The third-order valence-corrected chi connectivity index (χ3v) is 3.28. The lowest BCUT2D eigenvalue weighted by molar-refractivity contribution is -0.117. The van der Waals surface area contributed by atoms with E-state index in [0.29, 0.717) is 23.8 Å². The van der Waals surface area contributed by atoms with Gasteiger partial charge in [-0.25, -0.2) is 4.39 Å². The standard InChI is InChI=1S/C14H20FN3O/c1-10-3-4-12(7-13(10)15)17-14(19)9-18-6-5-16-11(2)8-18/h3-4,7,11,16H,5-6,8-9H2,1-2H3,(H,17,19). The van der Waals surface area contributed by atoms with Crippen molar-refractivity contribution >= 4 is 11.6 Å². The van der Waals surface area contributed by atoms with E-state index in [4.69, 9.17) is 0 Å². The third kappa shape index (κ3) is 4.01. The Morgan fingerprint density at radius 3 is 3.05 bits per heavy atom. The summed E-state index contributed by atoms with van der Waals surface area (Å²) >= 11 is 0. The summed E-state index contributed by atoms with van der Waals surface area (Å²) < 4.78 is 13.4. The summed E-state index contributed by atoms with van der Waals surface area (Å²) in [5, 5.41) is 6.06. The Balaban J connectivity index is 1.88. The first-order valence-electron chi connectivity index (χ1n) is 6.56. The van der Waals surface area contributed by atoms with Gasteiger partial charge in [0.25, 0.3) is 0 Å². The van der Waals surface area contributed by atoms with Gasteiger partial charge in [0, 0.05) is 31.4 Å². The van der Waals surface area contributed by atoms with Crippen molar-refractivity contribution in [3.8, 4) is 0 Å². The zero-order chi connectivity index (χ0) is 13.8. The number of aryl methyl sites for hydroxylation is 1. The van der Waals surface area contributed by atoms with Crippen LogP contribution in [0.5, 0.6) is 0 Å². The van der Waals surface area contributed by atoms with Crippen LogP contribution in [0.15, 0.2) is 18.2 Å². The van der Waals surface area contributed by atoms with Crippen LogP contribution in [0.4, 0.5) is 10.1 Å². The number of carbonyl (C=O) groups is 1. The van der Waals surface area contributed by atoms with Gasteiger partial charge in [0.05, 0.1) is 6.54 Å². The molecule has 1 aliphatic rings. The van der Waals surface area contributed by atoms with Gasteiger partial charge < -0.3 is 10.6 Å². The molecule has 1 aromatic rings. The molecule has 1 aromatic carbocycles. The lowest BCUT2D eigenvalue weighted by Crippen LogP contribution is -2.51. The van der Waals surface area contributed by atoms with Gasteiger partial charge in [0.15, 0.2) is 0 Å². The molecule has 1 saturated heterocycles. The summed E-state index contributed by atoms with van der Waals surface area (Å²) in [6.07, 6.45) is 0. The zero-order valence-electron chi connectivity index (χ0n) is 11.4. The predicted octanol–water partition coefficient (Wildman–Crippen LogP) is 1.37. The van der Waals surface area contributed by atoms with Crippen molar-refractivity contribution in [3.63, 3.8) is 0 Å². The number of hydrogen-bond donors (Lipinski definition) is 2. The molecule has 4 nitrogen and oxygen atoms in total. The van der Waals surface area contributed by atoms with Crippen LogP contribution in [-0.4, -0.2) is 43.0 Å². The van der Waals surface area contributed by atoms with E-state index in [9.17, 15) is 9.18 Å². The number of amides is 1. The van der Waals surface area contributed by atoms with Crippen LogP contribution in [0.3, 0.4) is 0 Å². The van der Waals surface area contributed by atoms with Crippen molar-refractivity contribution in [1.82, 2.24) is 10.2 Å². The second kappa shape index (κ2) is 6.12. The maximum Gasteiger partial charge on any atom is 0.238 e. The Morgan fingerprint density at radius 2 is 2.37 bits per heavy atom. The summed E-state index contributed by atoms with van der Waals surface area (Å²) in [4.78, 5) is 14.0. The van der Waals surface area contributed by atoms with Gasteiger partial charge in [-0.15, -0.1) is 0 Å². The van der Waals surface area contributed by atoms with E-state index in [1.54, 1.807) is 19.1 Å². The molecule has 5 heteroatoms. The fourth-order valence-electron chi connectivity index (χ4n) is 2.23. The highest BCUT2D eigenvalue weighted by Crippen LogP contribution is 2.13. The molecule has 1 fully saturated rings. The molecule has 2 N–H and O–H groups in total. The minimum Gasteiger partial charge on any atom is -0.325 e. The Hall–Kier alpha value is -1.46. The first-order chi connectivity index (χ1) is 9.04. The molecule has 1 amide bonds. The van der Waals surface area contributed by atoms with E-state index in [-0.39, 0.29) is 11.7 Å². The van der Waals surface area contributed by atoms with Crippen molar-refractivity contribution in [2.24, 2.45) is 0 Å². The van der Waals surface area contributed by atoms with Crippen molar-refractivity contribution < 1.29 is 9.18 Å². The number of piperazine rings is 1. The molecule has 1 unspecified atom stereocenters. The Labute approximate surface area is 113 Å². The number of anilines is 1. The molecule has 0 spiro atoms. The molecule has 1 aliphatic heterocycles. The van der Waals surface area contributed by atoms with Crippen LogP contribution in [0.2, 0.25) is 0 Å². The molecule has 1 heterocycles. The summed E-state index contributed by atoms with van der Waals surface area (Å²) in [5.41, 5.74) is 1.09. The van der Waals surface area contributed by atoms with Crippen LogP contribution in [0.1, 0.15) is 12.5 Å². The van der Waals surface area contributed by atoms with Crippen molar-refractivity contribution in [3.05, 3.63) is 29.6 Å². The van der Waals surface area contributed by atoms with Crippen LogP contribution in [0.25, 0.3) is 0 Å². The van der Waals surface area contributed by atoms with Crippen molar-refractivity contribution in [2.75, 3.05) is 31.5 Å². The van der Waals surface area contributed by atoms with Gasteiger partial charge in [-0.1, -0.05) is 6.07 Å². The average molecular weight is 265 g/mol. The molecular formula is C14H20FN3O. The SMILES string of the molecule is Cc1ccc(NC(=O)CN2CCNC(C)C2)cc1F. The average Bonchev–Trinajstić information content (AvgIpc) is 2.34. The summed E-state index contributed by atoms with van der Waals surface area (Å²) in [6.45, 7) is 6.76. The molecular weight excluding hydrogens is 245 g/mol. The maximum atomic E-state index is 13.4. The quantitative estimate of drug-likeness (QED) is 0.867. The molecule has 0 bridgehead atoms. The highest BCUT2D eigenvalue weighted by molar-refractivity contribution is 5.92. The van der Waals surface area contributed by atoms with Gasteiger partial charge in [-0.05, 0) is 31.5 Å². The molecule has 0 aromatic heterocycles. The fourth-order valence-corrected chi connectivity index (χ4v) is 2.23. The van der Waals surface area contributed by atoms with E-state index < -0.39 is 0 Å². The smallest absolute Gasteiger partial charge is 0.238 e. The number of nitrogens with one attached hydrogen (secondary N) is 2. The monoisotopic (exact) mass is 265 g/mol. The third-order valence-electron chi connectivity index (χ3n) is 3.28. The Morgan fingerprint density at radius 1 is 1.58 bits per heavy atom. The number of benzene rings is 1. The van der Waals surface area contributed by atoms with E-state index in [1.807, 2.05) is 0 Å². The van der Waals surface area contributed by atoms with E-state index in [0.717, 1.165) is 19.6 Å². The molecule has 1 atom stereocenters. The number of halogens is 1. The molecule has 0 aliphatic carbocycles. The van der Waals surface area contributed by atoms with Crippen LogP contribution < -0.4 is 10.6 Å². The lowest BCUT2D eigenvalue weighted by atomic mass is 10.2. The van der Waals surface area contributed by atoms with Crippen molar-refractivity contribution in [2.45, 2.75) is 19.9 Å². The van der Waals surface area contributed by atoms with E-state index >= 15 is 0 Å². The molecule has 0 radical (unpaired) electrons. The van der Waals surface area contributed by atoms with E-state index in [1.165, 1.54) is 6.07 Å². The largest absolute Gasteiger partial charge is 0.325 e. The molecule has 0 saturated carbocycles. The highest BCUT2D eigenvalue weighted by atomic mass is 19.1. The number of carbonyl (C=O) groups excluding carboxylic acids is 1. The van der Waals surface area contributed by atoms with Gasteiger partial charge >= 0.3 is 0 Å². The minimum absolute atomic E-state index is 0.0997. The normalized spacial score (nSPS) is 20.3. The molecule has 104 valence electrons. The minimum atomic E-state index is -0.298. The van der Waals surface area contributed by atoms with E-state index in [2.05, 4.69) is 22.5 Å². The summed E-state index contributed by atoms with van der Waals surface area (Å²) in [6, 6.07) is 5.14. The van der Waals surface area contributed by atoms with Crippen LogP contribution >= 0.6 is 0 Å². The first-order valence-corrected chi connectivity index (χ1v) is 6.56. The molecule has 19 heavy (non-hydrogen) atoms. The summed E-state index contributed by atoms with van der Waals surface area (Å²) in [7, 11) is 0. The number of rotatable bonds is 3. The van der Waals surface area contributed by atoms with Gasteiger partial charge in [0.1, 0.15) is 5.82 Å². The van der Waals surface area contributed by atoms with Gasteiger partial charge in [-0.3, -0.25) is 9.69 Å². The zero-order valence-corrected chi connectivity index (χ0v) is 11.4. The van der Waals surface area contributed by atoms with Gasteiger partial charge in [-0.2, -0.15) is 0 Å². The lowest BCUT2D eigenvalue weighted by Gasteiger charge is -2.31. The highest BCUT2D eigenvalue weighted by Gasteiger charge is 2.17. The topological polar surface area (TPSA) is 44.4 Å². The number of nitrogens with zero attached hydrogens (tertiary/aromatic N) is 1. The van der Waals surface area contributed by atoms with Crippen LogP contribution in [-0.2, 0) is 4.79 Å². The van der Waals surface area contributed by atoms with Crippen LogP contribution in [0, 0.1) is 12.7 Å². The Bertz CT molecular complexity index is 464. The maximum absolute atomic E-state index is 13.4. The fraction of sp³-hybridized carbons (Fsp3) is 0.500. The van der Waals surface area contributed by atoms with Crippen molar-refractivity contribution in [1.29, 1.82) is 0 Å².